The van der Waals surface area contributed by atoms with E-state index >= 15 is 0 Å². The number of hydrogen-bond acceptors (Lipinski definition) is 5. The molecule has 0 saturated heterocycles. The van der Waals surface area contributed by atoms with Crippen molar-refractivity contribution in [3.8, 4) is 5.75 Å². The van der Waals surface area contributed by atoms with E-state index in [0.717, 1.165) is 11.1 Å². The molecule has 0 saturated carbocycles. The van der Waals surface area contributed by atoms with Crippen LogP contribution in [-0.2, 0) is 22.7 Å². The molecule has 0 fully saturated rings. The van der Waals surface area contributed by atoms with Crippen molar-refractivity contribution in [3.05, 3.63) is 59.7 Å². The van der Waals surface area contributed by atoms with Crippen molar-refractivity contribution in [3.63, 3.8) is 0 Å². The fraction of sp³-hybridized carbons (Fsp3) is 0.188. The van der Waals surface area contributed by atoms with Crippen LogP contribution in [0.4, 0.5) is 5.69 Å². The molecule has 5 heteroatoms. The summed E-state index contributed by atoms with van der Waals surface area (Å²) in [5, 5.41) is 8.93. The molecule has 2 aromatic carbocycles. The first-order valence-electron chi connectivity index (χ1n) is 6.50. The zero-order valence-corrected chi connectivity index (χ0v) is 11.5. The van der Waals surface area contributed by atoms with Gasteiger partial charge in [0.1, 0.15) is 12.4 Å². The summed E-state index contributed by atoms with van der Waals surface area (Å²) in [7, 11) is 0. The van der Waals surface area contributed by atoms with E-state index in [0.29, 0.717) is 11.4 Å². The summed E-state index contributed by atoms with van der Waals surface area (Å²) in [5.74, 6) is 0.117. The van der Waals surface area contributed by atoms with E-state index in [4.69, 9.17) is 20.3 Å². The first-order chi connectivity index (χ1) is 10.2. The summed E-state index contributed by atoms with van der Waals surface area (Å²) in [6, 6.07) is 14.0. The van der Waals surface area contributed by atoms with Crippen LogP contribution in [0.15, 0.2) is 48.5 Å². The van der Waals surface area contributed by atoms with Crippen LogP contribution in [0.5, 0.6) is 5.75 Å². The highest BCUT2D eigenvalue weighted by Crippen LogP contribution is 2.13. The molecule has 2 rings (SSSR count). The van der Waals surface area contributed by atoms with Crippen LogP contribution in [0.3, 0.4) is 0 Å². The second-order valence-electron chi connectivity index (χ2n) is 4.49. The number of ether oxygens (including phenoxy) is 2. The first kappa shape index (κ1) is 14.9. The molecular weight excluding hydrogens is 270 g/mol. The second kappa shape index (κ2) is 7.31. The highest BCUT2D eigenvalue weighted by atomic mass is 16.6. The predicted molar refractivity (Wildman–Crippen MR) is 78.5 cm³/mol. The van der Waals surface area contributed by atoms with E-state index < -0.39 is 5.97 Å². The van der Waals surface area contributed by atoms with E-state index in [1.54, 1.807) is 48.5 Å². The van der Waals surface area contributed by atoms with Gasteiger partial charge in [-0.2, -0.15) is 0 Å². The summed E-state index contributed by atoms with van der Waals surface area (Å²) in [6.07, 6.45) is 0. The molecule has 0 unspecified atom stereocenters. The molecule has 0 aliphatic rings. The predicted octanol–water partition coefficient (Wildman–Crippen LogP) is 1.88. The van der Waals surface area contributed by atoms with Crippen molar-refractivity contribution in [1.82, 2.24) is 0 Å². The number of aliphatic hydroxyl groups is 1. The van der Waals surface area contributed by atoms with Gasteiger partial charge in [0.25, 0.3) is 0 Å². The zero-order chi connectivity index (χ0) is 15.1. The Hall–Kier alpha value is -2.53. The molecule has 0 heterocycles. The van der Waals surface area contributed by atoms with E-state index in [1.165, 1.54) is 0 Å². The third-order valence-corrected chi connectivity index (χ3v) is 2.84. The van der Waals surface area contributed by atoms with Crippen LogP contribution >= 0.6 is 0 Å². The zero-order valence-electron chi connectivity index (χ0n) is 11.5. The Labute approximate surface area is 122 Å². The lowest BCUT2D eigenvalue weighted by Crippen LogP contribution is -2.14. The maximum absolute atomic E-state index is 11.6. The number of carbonyl (C=O) groups excluding carboxylic acids is 1. The largest absolute Gasteiger partial charge is 0.482 e. The molecule has 5 nitrogen and oxygen atoms in total. The summed E-state index contributed by atoms with van der Waals surface area (Å²) in [5.41, 5.74) is 7.86. The summed E-state index contributed by atoms with van der Waals surface area (Å²) in [4.78, 5) is 11.6. The monoisotopic (exact) mass is 287 g/mol. The fourth-order valence-electron chi connectivity index (χ4n) is 1.65. The number of benzene rings is 2. The van der Waals surface area contributed by atoms with Crippen LogP contribution < -0.4 is 10.5 Å². The van der Waals surface area contributed by atoms with Gasteiger partial charge >= 0.3 is 5.97 Å². The Kier molecular flexibility index (Phi) is 5.17. The Morgan fingerprint density at radius 1 is 1.00 bits per heavy atom. The molecule has 0 aromatic heterocycles. The SMILES string of the molecule is Nc1ccc(OCC(=O)OCc2ccc(CO)cc2)cc1. The van der Waals surface area contributed by atoms with Gasteiger partial charge in [-0.05, 0) is 35.4 Å². The molecular formula is C16H17NO4. The van der Waals surface area contributed by atoms with Crippen molar-refractivity contribution in [2.45, 2.75) is 13.2 Å². The number of nitrogen functional groups attached to an aromatic ring is 1. The van der Waals surface area contributed by atoms with Gasteiger partial charge in [0.2, 0.25) is 0 Å². The smallest absolute Gasteiger partial charge is 0.344 e. The summed E-state index contributed by atoms with van der Waals surface area (Å²) in [6.45, 7) is 0.0176. The van der Waals surface area contributed by atoms with Crippen molar-refractivity contribution in [1.29, 1.82) is 0 Å². The van der Waals surface area contributed by atoms with Gasteiger partial charge in [0.15, 0.2) is 6.61 Å². The van der Waals surface area contributed by atoms with E-state index in [2.05, 4.69) is 0 Å². The minimum Gasteiger partial charge on any atom is -0.482 e. The average molecular weight is 287 g/mol. The van der Waals surface area contributed by atoms with Crippen LogP contribution in [-0.4, -0.2) is 17.7 Å². The lowest BCUT2D eigenvalue weighted by molar-refractivity contribution is -0.147. The molecule has 0 radical (unpaired) electrons. The number of aliphatic hydroxyl groups excluding tert-OH is 1. The van der Waals surface area contributed by atoms with Crippen molar-refractivity contribution in [2.75, 3.05) is 12.3 Å². The minimum absolute atomic E-state index is 0.00447. The summed E-state index contributed by atoms with van der Waals surface area (Å²) >= 11 is 0. The van der Waals surface area contributed by atoms with Crippen LogP contribution in [0.25, 0.3) is 0 Å². The maximum Gasteiger partial charge on any atom is 0.344 e. The molecule has 0 aliphatic carbocycles. The Morgan fingerprint density at radius 2 is 1.62 bits per heavy atom. The minimum atomic E-state index is -0.446. The Morgan fingerprint density at radius 3 is 2.24 bits per heavy atom. The van der Waals surface area contributed by atoms with Gasteiger partial charge < -0.3 is 20.3 Å². The van der Waals surface area contributed by atoms with Crippen molar-refractivity contribution >= 4 is 11.7 Å². The molecule has 0 aliphatic heterocycles. The first-order valence-corrected chi connectivity index (χ1v) is 6.50. The molecule has 21 heavy (non-hydrogen) atoms. The molecule has 0 amide bonds. The molecule has 0 atom stereocenters. The van der Waals surface area contributed by atoms with Crippen molar-refractivity contribution < 1.29 is 19.4 Å². The molecule has 0 spiro atoms. The lowest BCUT2D eigenvalue weighted by atomic mass is 10.1. The van der Waals surface area contributed by atoms with E-state index in [9.17, 15) is 4.79 Å². The third kappa shape index (κ3) is 4.81. The Balaban J connectivity index is 1.75. The maximum atomic E-state index is 11.6. The van der Waals surface area contributed by atoms with Gasteiger partial charge in [0.05, 0.1) is 6.61 Å². The quantitative estimate of drug-likeness (QED) is 0.626. The van der Waals surface area contributed by atoms with Gasteiger partial charge in [-0.15, -0.1) is 0 Å². The number of esters is 1. The number of nitrogens with two attached hydrogens (primary N) is 1. The molecule has 2 aromatic rings. The van der Waals surface area contributed by atoms with Gasteiger partial charge in [-0.1, -0.05) is 24.3 Å². The highest BCUT2D eigenvalue weighted by molar-refractivity contribution is 5.71. The van der Waals surface area contributed by atoms with Gasteiger partial charge in [0, 0.05) is 5.69 Å². The summed E-state index contributed by atoms with van der Waals surface area (Å²) < 4.78 is 10.4. The van der Waals surface area contributed by atoms with E-state index in [1.807, 2.05) is 0 Å². The lowest BCUT2D eigenvalue weighted by Gasteiger charge is -2.07. The number of rotatable bonds is 6. The number of anilines is 1. The third-order valence-electron chi connectivity index (χ3n) is 2.84. The average Bonchev–Trinajstić information content (AvgIpc) is 2.53. The second-order valence-corrected chi connectivity index (χ2v) is 4.49. The van der Waals surface area contributed by atoms with E-state index in [-0.39, 0.29) is 19.8 Å². The van der Waals surface area contributed by atoms with Crippen LogP contribution in [0.2, 0.25) is 0 Å². The highest BCUT2D eigenvalue weighted by Gasteiger charge is 2.05. The van der Waals surface area contributed by atoms with Crippen LogP contribution in [0.1, 0.15) is 11.1 Å². The molecule has 110 valence electrons. The Bertz CT molecular complexity index is 578. The number of carbonyl (C=O) groups is 1. The van der Waals surface area contributed by atoms with Crippen LogP contribution in [0, 0.1) is 0 Å². The van der Waals surface area contributed by atoms with Crippen molar-refractivity contribution in [2.24, 2.45) is 0 Å². The standard InChI is InChI=1S/C16H17NO4/c17-14-5-7-15(8-6-14)20-11-16(19)21-10-13-3-1-12(9-18)2-4-13/h1-8,18H,9-11,17H2. The topological polar surface area (TPSA) is 81.8 Å². The molecule has 0 bridgehead atoms. The normalized spacial score (nSPS) is 10.1. The molecule has 3 N–H and O–H groups in total. The number of hydrogen-bond donors (Lipinski definition) is 2. The van der Waals surface area contributed by atoms with Gasteiger partial charge in [-0.3, -0.25) is 0 Å². The van der Waals surface area contributed by atoms with Gasteiger partial charge in [-0.25, -0.2) is 4.79 Å². The fourth-order valence-corrected chi connectivity index (χ4v) is 1.65.